The molecule has 0 rings (SSSR count). The van der Waals surface area contributed by atoms with Gasteiger partial charge >= 0.3 is 6.18 Å². The molecule has 2 N–H and O–H groups in total. The number of hydrogen-bond donors (Lipinski definition) is 1. The summed E-state index contributed by atoms with van der Waals surface area (Å²) in [5.74, 6) is 0. The van der Waals surface area contributed by atoms with Crippen LogP contribution >= 0.6 is 0 Å². The predicted octanol–water partition coefficient (Wildman–Crippen LogP) is 1.32. The Bertz CT molecular complexity index is 141. The van der Waals surface area contributed by atoms with E-state index >= 15 is 0 Å². The molecule has 0 aliphatic heterocycles. The third kappa shape index (κ3) is 6.17. The molecule has 1 atom stereocenters. The van der Waals surface area contributed by atoms with Crippen molar-refractivity contribution in [2.75, 3.05) is 26.4 Å². The van der Waals surface area contributed by atoms with Crippen molar-refractivity contribution in [3.8, 4) is 0 Å². The van der Waals surface area contributed by atoms with E-state index in [2.05, 4.69) is 4.74 Å². The SMILES string of the molecule is CCCOCCOC(CN)C(F)(F)F. The highest BCUT2D eigenvalue weighted by atomic mass is 19.4. The summed E-state index contributed by atoms with van der Waals surface area (Å²) in [6.07, 6.45) is -5.44. The van der Waals surface area contributed by atoms with Gasteiger partial charge in [-0.1, -0.05) is 6.92 Å². The maximum absolute atomic E-state index is 12.0. The molecule has 0 aliphatic rings. The second-order valence-electron chi connectivity index (χ2n) is 2.75. The lowest BCUT2D eigenvalue weighted by molar-refractivity contribution is -0.219. The van der Waals surface area contributed by atoms with E-state index in [1.807, 2.05) is 6.92 Å². The maximum Gasteiger partial charge on any atom is 0.415 e. The number of rotatable bonds is 7. The highest BCUT2D eigenvalue weighted by molar-refractivity contribution is 4.67. The molecule has 0 radical (unpaired) electrons. The Hall–Kier alpha value is -0.330. The van der Waals surface area contributed by atoms with Crippen molar-refractivity contribution >= 4 is 0 Å². The standard InChI is InChI=1S/C8H16F3NO2/c1-2-3-13-4-5-14-7(6-12)8(9,10)11/h7H,2-6,12H2,1H3. The zero-order valence-electron chi connectivity index (χ0n) is 8.14. The first-order valence-corrected chi connectivity index (χ1v) is 4.48. The summed E-state index contributed by atoms with van der Waals surface area (Å²) in [7, 11) is 0. The molecule has 1 unspecified atom stereocenters. The van der Waals surface area contributed by atoms with Gasteiger partial charge in [-0.3, -0.25) is 0 Å². The van der Waals surface area contributed by atoms with Crippen molar-refractivity contribution in [3.63, 3.8) is 0 Å². The zero-order valence-corrected chi connectivity index (χ0v) is 8.14. The molecule has 0 aromatic heterocycles. The maximum atomic E-state index is 12.0. The van der Waals surface area contributed by atoms with Gasteiger partial charge in [-0.25, -0.2) is 0 Å². The van der Waals surface area contributed by atoms with Crippen LogP contribution in [0.3, 0.4) is 0 Å². The first-order chi connectivity index (χ1) is 6.52. The quantitative estimate of drug-likeness (QED) is 0.651. The fraction of sp³-hybridized carbons (Fsp3) is 1.00. The number of hydrogen-bond acceptors (Lipinski definition) is 3. The monoisotopic (exact) mass is 215 g/mol. The zero-order chi connectivity index (χ0) is 11.0. The number of alkyl halides is 3. The lowest BCUT2D eigenvalue weighted by Gasteiger charge is -2.18. The molecule has 0 saturated carbocycles. The lowest BCUT2D eigenvalue weighted by atomic mass is 10.3. The minimum atomic E-state index is -4.39. The average Bonchev–Trinajstić information content (AvgIpc) is 2.09. The molecule has 0 fully saturated rings. The molecule has 0 bridgehead atoms. The van der Waals surface area contributed by atoms with E-state index < -0.39 is 18.8 Å². The molecular formula is C8H16F3NO2. The van der Waals surface area contributed by atoms with Crippen molar-refractivity contribution in [2.24, 2.45) is 5.73 Å². The molecule has 3 nitrogen and oxygen atoms in total. The van der Waals surface area contributed by atoms with Crippen LogP contribution in [0, 0.1) is 0 Å². The smallest absolute Gasteiger partial charge is 0.379 e. The third-order valence-electron chi connectivity index (χ3n) is 1.47. The van der Waals surface area contributed by atoms with Crippen molar-refractivity contribution < 1.29 is 22.6 Å². The summed E-state index contributed by atoms with van der Waals surface area (Å²) in [5.41, 5.74) is 4.91. The van der Waals surface area contributed by atoms with Crippen molar-refractivity contribution in [1.82, 2.24) is 0 Å². The summed E-state index contributed by atoms with van der Waals surface area (Å²) >= 11 is 0. The number of halogens is 3. The van der Waals surface area contributed by atoms with E-state index in [4.69, 9.17) is 10.5 Å². The van der Waals surface area contributed by atoms with E-state index in [0.29, 0.717) is 6.61 Å². The normalized spacial score (nSPS) is 14.4. The Balaban J connectivity index is 3.54. The van der Waals surface area contributed by atoms with Gasteiger partial charge in [-0.15, -0.1) is 0 Å². The van der Waals surface area contributed by atoms with Crippen molar-refractivity contribution in [3.05, 3.63) is 0 Å². The van der Waals surface area contributed by atoms with Gasteiger partial charge in [0.05, 0.1) is 13.2 Å². The first kappa shape index (κ1) is 13.7. The Morgan fingerprint density at radius 1 is 1.21 bits per heavy atom. The molecule has 0 heterocycles. The number of ether oxygens (including phenoxy) is 2. The van der Waals surface area contributed by atoms with Crippen LogP contribution in [-0.4, -0.2) is 38.6 Å². The van der Waals surface area contributed by atoms with E-state index in [1.54, 1.807) is 0 Å². The van der Waals surface area contributed by atoms with Crippen molar-refractivity contribution in [2.45, 2.75) is 25.6 Å². The van der Waals surface area contributed by atoms with E-state index in [0.717, 1.165) is 6.42 Å². The average molecular weight is 215 g/mol. The molecule has 0 aromatic carbocycles. The van der Waals surface area contributed by atoms with Crippen LogP contribution in [0.2, 0.25) is 0 Å². The molecular weight excluding hydrogens is 199 g/mol. The van der Waals surface area contributed by atoms with Gasteiger partial charge in [-0.05, 0) is 6.42 Å². The molecule has 0 amide bonds. The lowest BCUT2D eigenvalue weighted by Crippen LogP contribution is -2.39. The molecule has 14 heavy (non-hydrogen) atoms. The Kier molecular flexibility index (Phi) is 6.86. The van der Waals surface area contributed by atoms with Gasteiger partial charge in [-0.2, -0.15) is 13.2 Å². The molecule has 0 aromatic rings. The third-order valence-corrected chi connectivity index (χ3v) is 1.47. The van der Waals surface area contributed by atoms with Gasteiger partial charge in [0.1, 0.15) is 0 Å². The van der Waals surface area contributed by atoms with Crippen LogP contribution < -0.4 is 5.73 Å². The summed E-state index contributed by atoms with van der Waals surface area (Å²) in [5, 5.41) is 0. The Morgan fingerprint density at radius 2 is 1.86 bits per heavy atom. The van der Waals surface area contributed by atoms with Crippen LogP contribution in [0.5, 0.6) is 0 Å². The van der Waals surface area contributed by atoms with E-state index in [-0.39, 0.29) is 13.2 Å². The topological polar surface area (TPSA) is 44.5 Å². The molecule has 86 valence electrons. The molecule has 0 saturated heterocycles. The van der Waals surface area contributed by atoms with E-state index in [9.17, 15) is 13.2 Å². The molecule has 6 heteroatoms. The summed E-state index contributed by atoms with van der Waals surface area (Å²) < 4.78 is 45.6. The second kappa shape index (κ2) is 7.03. The minimum absolute atomic E-state index is 0.0820. The van der Waals surface area contributed by atoms with Gasteiger partial charge in [0.15, 0.2) is 6.10 Å². The highest BCUT2D eigenvalue weighted by Gasteiger charge is 2.39. The van der Waals surface area contributed by atoms with Gasteiger partial charge in [0.2, 0.25) is 0 Å². The fourth-order valence-corrected chi connectivity index (χ4v) is 0.792. The largest absolute Gasteiger partial charge is 0.415 e. The van der Waals surface area contributed by atoms with Gasteiger partial charge in [0, 0.05) is 13.2 Å². The van der Waals surface area contributed by atoms with E-state index in [1.165, 1.54) is 0 Å². The summed E-state index contributed by atoms with van der Waals surface area (Å²) in [6, 6.07) is 0. The van der Waals surface area contributed by atoms with Crippen molar-refractivity contribution in [1.29, 1.82) is 0 Å². The van der Waals surface area contributed by atoms with Gasteiger partial charge in [0.25, 0.3) is 0 Å². The molecule has 0 aliphatic carbocycles. The van der Waals surface area contributed by atoms with Crippen LogP contribution in [0.15, 0.2) is 0 Å². The van der Waals surface area contributed by atoms with Crippen LogP contribution in [0.25, 0.3) is 0 Å². The van der Waals surface area contributed by atoms with Crippen LogP contribution in [-0.2, 0) is 9.47 Å². The summed E-state index contributed by atoms with van der Waals surface area (Å²) in [4.78, 5) is 0. The minimum Gasteiger partial charge on any atom is -0.379 e. The first-order valence-electron chi connectivity index (χ1n) is 4.48. The van der Waals surface area contributed by atoms with Gasteiger partial charge < -0.3 is 15.2 Å². The second-order valence-corrected chi connectivity index (χ2v) is 2.75. The fourth-order valence-electron chi connectivity index (χ4n) is 0.792. The Labute approximate surface area is 81.4 Å². The number of nitrogens with two attached hydrogens (primary N) is 1. The predicted molar refractivity (Wildman–Crippen MR) is 46.0 cm³/mol. The molecule has 0 spiro atoms. The van der Waals surface area contributed by atoms with Crippen LogP contribution in [0.4, 0.5) is 13.2 Å². The highest BCUT2D eigenvalue weighted by Crippen LogP contribution is 2.21. The Morgan fingerprint density at radius 3 is 2.29 bits per heavy atom. The van der Waals surface area contributed by atoms with Crippen LogP contribution in [0.1, 0.15) is 13.3 Å². The summed E-state index contributed by atoms with van der Waals surface area (Å²) in [6.45, 7) is 1.97.